The molecule has 0 spiro atoms. The minimum atomic E-state index is -0.464. The Morgan fingerprint density at radius 1 is 1.42 bits per heavy atom. The molecule has 0 bridgehead atoms. The normalized spacial score (nSPS) is 12.6. The topological polar surface area (TPSA) is 47.3 Å². The minimum absolute atomic E-state index is 0.464. The average Bonchev–Trinajstić information content (AvgIpc) is 2.82. The van der Waals surface area contributed by atoms with Crippen LogP contribution in [0.3, 0.4) is 0 Å². The molecule has 0 radical (unpaired) electrons. The van der Waals surface area contributed by atoms with E-state index >= 15 is 0 Å². The van der Waals surface area contributed by atoms with Crippen molar-refractivity contribution >= 4 is 0 Å². The molecule has 19 heavy (non-hydrogen) atoms. The molecule has 1 aromatic carbocycles. The van der Waals surface area contributed by atoms with Gasteiger partial charge in [-0.1, -0.05) is 24.3 Å². The zero-order chi connectivity index (χ0) is 13.7. The van der Waals surface area contributed by atoms with Crippen LogP contribution < -0.4 is 0 Å². The van der Waals surface area contributed by atoms with Crippen LogP contribution in [0.4, 0.5) is 0 Å². The smallest absolute Gasteiger partial charge is 0.108 e. The highest BCUT2D eigenvalue weighted by atomic mass is 16.5. The van der Waals surface area contributed by atoms with Gasteiger partial charge in [0.15, 0.2) is 0 Å². The highest BCUT2D eigenvalue weighted by molar-refractivity contribution is 5.24. The quantitative estimate of drug-likeness (QED) is 0.866. The van der Waals surface area contributed by atoms with Gasteiger partial charge in [0, 0.05) is 33.0 Å². The molecule has 1 aromatic heterocycles. The number of aryl methyl sites for hydroxylation is 2. The first-order valence-electron chi connectivity index (χ1n) is 6.42. The molecule has 0 amide bonds. The third kappa shape index (κ3) is 3.66. The number of hydrogen-bond donors (Lipinski definition) is 1. The van der Waals surface area contributed by atoms with E-state index in [-0.39, 0.29) is 0 Å². The molecule has 1 unspecified atom stereocenters. The molecular weight excluding hydrogens is 240 g/mol. The number of methoxy groups -OCH3 is 1. The van der Waals surface area contributed by atoms with Crippen LogP contribution in [-0.4, -0.2) is 21.8 Å². The molecule has 4 nitrogen and oxygen atoms in total. The van der Waals surface area contributed by atoms with E-state index in [9.17, 15) is 5.11 Å². The lowest BCUT2D eigenvalue weighted by Crippen LogP contribution is -2.04. The largest absolute Gasteiger partial charge is 0.388 e. The van der Waals surface area contributed by atoms with Gasteiger partial charge in [-0.3, -0.25) is 0 Å². The average molecular weight is 260 g/mol. The van der Waals surface area contributed by atoms with Crippen LogP contribution in [-0.2, 0) is 24.8 Å². The summed E-state index contributed by atoms with van der Waals surface area (Å²) in [7, 11) is 3.64. The molecule has 2 rings (SSSR count). The first-order chi connectivity index (χ1) is 9.20. The van der Waals surface area contributed by atoms with Crippen LogP contribution in [0.25, 0.3) is 0 Å². The second-order valence-corrected chi connectivity index (χ2v) is 4.69. The number of aliphatic hydroxyl groups excluding tert-OH is 1. The van der Waals surface area contributed by atoms with E-state index in [1.807, 2.05) is 42.1 Å². The zero-order valence-electron chi connectivity index (χ0n) is 11.4. The van der Waals surface area contributed by atoms with Gasteiger partial charge in [-0.25, -0.2) is 4.98 Å². The first-order valence-corrected chi connectivity index (χ1v) is 6.42. The van der Waals surface area contributed by atoms with Crippen molar-refractivity contribution in [2.24, 2.45) is 7.05 Å². The molecule has 1 N–H and O–H groups in total. The Balaban J connectivity index is 1.97. The third-order valence-corrected chi connectivity index (χ3v) is 3.21. The van der Waals surface area contributed by atoms with Gasteiger partial charge >= 0.3 is 0 Å². The summed E-state index contributed by atoms with van der Waals surface area (Å²) in [5.41, 5.74) is 2.01. The molecule has 0 fully saturated rings. The molecule has 1 atom stereocenters. The van der Waals surface area contributed by atoms with E-state index in [1.54, 1.807) is 13.3 Å². The van der Waals surface area contributed by atoms with Crippen molar-refractivity contribution < 1.29 is 9.84 Å². The fourth-order valence-electron chi connectivity index (χ4n) is 2.13. The summed E-state index contributed by atoms with van der Waals surface area (Å²) in [5, 5.41) is 10.2. The number of aliphatic hydroxyl groups is 1. The van der Waals surface area contributed by atoms with Gasteiger partial charge < -0.3 is 14.4 Å². The lowest BCUT2D eigenvalue weighted by molar-refractivity contribution is 0.165. The number of ether oxygens (including phenoxy) is 1. The first kappa shape index (κ1) is 13.8. The van der Waals surface area contributed by atoms with Crippen LogP contribution in [0.5, 0.6) is 0 Å². The van der Waals surface area contributed by atoms with E-state index in [4.69, 9.17) is 4.74 Å². The summed E-state index contributed by atoms with van der Waals surface area (Å²) in [5.74, 6) is 0.993. The predicted octanol–water partition coefficient (Wildman–Crippen LogP) is 2.23. The standard InChI is InChI=1S/C15H20N2O2/c1-17-9-8-16-15(17)7-6-14(18)13-5-3-4-12(10-13)11-19-2/h3-5,8-10,14,18H,6-7,11H2,1-2H3. The zero-order valence-corrected chi connectivity index (χ0v) is 11.4. The van der Waals surface area contributed by atoms with Crippen molar-refractivity contribution in [3.63, 3.8) is 0 Å². The van der Waals surface area contributed by atoms with Crippen molar-refractivity contribution in [3.05, 3.63) is 53.6 Å². The van der Waals surface area contributed by atoms with Crippen molar-refractivity contribution in [3.8, 4) is 0 Å². The predicted molar refractivity (Wildman–Crippen MR) is 73.6 cm³/mol. The van der Waals surface area contributed by atoms with Gasteiger partial charge in [-0.05, 0) is 17.5 Å². The van der Waals surface area contributed by atoms with Crippen LogP contribution >= 0.6 is 0 Å². The maximum absolute atomic E-state index is 10.2. The Labute approximate surface area is 113 Å². The molecule has 0 aliphatic rings. The summed E-state index contributed by atoms with van der Waals surface area (Å²) < 4.78 is 7.08. The number of benzene rings is 1. The highest BCUT2D eigenvalue weighted by Crippen LogP contribution is 2.20. The van der Waals surface area contributed by atoms with Crippen LogP contribution in [0.2, 0.25) is 0 Å². The van der Waals surface area contributed by atoms with Gasteiger partial charge in [-0.15, -0.1) is 0 Å². The molecule has 0 aliphatic heterocycles. The van der Waals surface area contributed by atoms with Gasteiger partial charge in [0.25, 0.3) is 0 Å². The number of rotatable bonds is 6. The van der Waals surface area contributed by atoms with E-state index in [0.717, 1.165) is 23.4 Å². The Morgan fingerprint density at radius 3 is 2.95 bits per heavy atom. The third-order valence-electron chi connectivity index (χ3n) is 3.21. The monoisotopic (exact) mass is 260 g/mol. The van der Waals surface area contributed by atoms with Gasteiger partial charge in [-0.2, -0.15) is 0 Å². The Hall–Kier alpha value is -1.65. The summed E-state index contributed by atoms with van der Waals surface area (Å²) in [6.45, 7) is 0.569. The highest BCUT2D eigenvalue weighted by Gasteiger charge is 2.10. The summed E-state index contributed by atoms with van der Waals surface area (Å²) in [4.78, 5) is 4.26. The second kappa shape index (κ2) is 6.50. The lowest BCUT2D eigenvalue weighted by atomic mass is 10.0. The molecular formula is C15H20N2O2. The van der Waals surface area contributed by atoms with Crippen molar-refractivity contribution in [1.82, 2.24) is 9.55 Å². The van der Waals surface area contributed by atoms with Crippen LogP contribution in [0.15, 0.2) is 36.7 Å². The van der Waals surface area contributed by atoms with E-state index in [1.165, 1.54) is 0 Å². The van der Waals surface area contributed by atoms with Crippen molar-refractivity contribution in [1.29, 1.82) is 0 Å². The molecule has 0 saturated heterocycles. The summed E-state index contributed by atoms with van der Waals surface area (Å²) >= 11 is 0. The maximum Gasteiger partial charge on any atom is 0.108 e. The maximum atomic E-state index is 10.2. The van der Waals surface area contributed by atoms with Crippen molar-refractivity contribution in [2.75, 3.05) is 7.11 Å². The van der Waals surface area contributed by atoms with Gasteiger partial charge in [0.05, 0.1) is 12.7 Å². The van der Waals surface area contributed by atoms with Gasteiger partial charge in [0.2, 0.25) is 0 Å². The fourth-order valence-corrected chi connectivity index (χ4v) is 2.13. The Kier molecular flexibility index (Phi) is 4.71. The van der Waals surface area contributed by atoms with Crippen LogP contribution in [0.1, 0.15) is 29.5 Å². The number of hydrogen-bond acceptors (Lipinski definition) is 3. The molecule has 1 heterocycles. The summed E-state index contributed by atoms with van der Waals surface area (Å²) in [6.07, 6.45) is 4.66. The fraction of sp³-hybridized carbons (Fsp3) is 0.400. The van der Waals surface area contributed by atoms with Gasteiger partial charge in [0.1, 0.15) is 5.82 Å². The Morgan fingerprint density at radius 2 is 2.26 bits per heavy atom. The molecule has 0 aliphatic carbocycles. The Bertz CT molecular complexity index is 522. The van der Waals surface area contributed by atoms with E-state index < -0.39 is 6.10 Å². The minimum Gasteiger partial charge on any atom is -0.388 e. The van der Waals surface area contributed by atoms with E-state index in [2.05, 4.69) is 4.98 Å². The number of aromatic nitrogens is 2. The summed E-state index contributed by atoms with van der Waals surface area (Å²) in [6, 6.07) is 7.89. The van der Waals surface area contributed by atoms with Crippen molar-refractivity contribution in [2.45, 2.75) is 25.6 Å². The number of nitrogens with zero attached hydrogens (tertiary/aromatic N) is 2. The SMILES string of the molecule is COCc1cccc(C(O)CCc2nccn2C)c1. The van der Waals surface area contributed by atoms with Crippen LogP contribution in [0, 0.1) is 0 Å². The lowest BCUT2D eigenvalue weighted by Gasteiger charge is -2.12. The molecule has 2 aromatic rings. The number of imidazole rings is 1. The second-order valence-electron chi connectivity index (χ2n) is 4.69. The van der Waals surface area contributed by atoms with E-state index in [0.29, 0.717) is 13.0 Å². The molecule has 102 valence electrons. The molecule has 4 heteroatoms. The molecule has 0 saturated carbocycles.